The summed E-state index contributed by atoms with van der Waals surface area (Å²) in [6.45, 7) is 1.73. The maximum atomic E-state index is 13.2. The van der Waals surface area contributed by atoms with Gasteiger partial charge in [-0.3, -0.25) is 4.79 Å². The van der Waals surface area contributed by atoms with E-state index in [1.165, 1.54) is 19.2 Å². The molecule has 0 saturated carbocycles. The largest absolute Gasteiger partial charge is 0.467 e. The highest BCUT2D eigenvalue weighted by Crippen LogP contribution is 2.39. The standard InChI is InChI=1S/C22H20F3NO4/c1-3-16(21(28)29-2)26-20-17(14-10-7-11-15(12-14)22(23,24)25)18(27)19(30-20)13-8-5-4-6-9-13/h4-12,16,19,26H,3H2,1-2H3. The number of Topliss-reactive ketones (excluding diaryl/α,β-unsaturated/α-hetero) is 1. The Kier molecular flexibility index (Phi) is 6.14. The number of esters is 1. The van der Waals surface area contributed by atoms with Crippen molar-refractivity contribution in [3.63, 3.8) is 0 Å². The molecule has 2 aromatic rings. The van der Waals surface area contributed by atoms with Crippen molar-refractivity contribution in [2.45, 2.75) is 31.7 Å². The molecule has 30 heavy (non-hydrogen) atoms. The quantitative estimate of drug-likeness (QED) is 0.709. The van der Waals surface area contributed by atoms with Crippen LogP contribution in [0, 0.1) is 0 Å². The molecule has 5 nitrogen and oxygen atoms in total. The molecule has 2 unspecified atom stereocenters. The second kappa shape index (κ2) is 8.61. The Morgan fingerprint density at radius 1 is 1.17 bits per heavy atom. The van der Waals surface area contributed by atoms with E-state index < -0.39 is 35.6 Å². The molecule has 2 aromatic carbocycles. The van der Waals surface area contributed by atoms with Crippen LogP contribution in [0.3, 0.4) is 0 Å². The van der Waals surface area contributed by atoms with E-state index in [0.717, 1.165) is 12.1 Å². The van der Waals surface area contributed by atoms with Crippen molar-refractivity contribution in [1.82, 2.24) is 5.32 Å². The fourth-order valence-corrected chi connectivity index (χ4v) is 3.18. The number of carbonyl (C=O) groups excluding carboxylic acids is 2. The van der Waals surface area contributed by atoms with Gasteiger partial charge in [-0.1, -0.05) is 49.4 Å². The van der Waals surface area contributed by atoms with E-state index in [1.807, 2.05) is 0 Å². The van der Waals surface area contributed by atoms with Gasteiger partial charge in [0.2, 0.25) is 5.78 Å². The first kappa shape index (κ1) is 21.4. The molecule has 1 aliphatic heterocycles. The molecule has 1 heterocycles. The Balaban J connectivity index is 2.07. The smallest absolute Gasteiger partial charge is 0.416 e. The van der Waals surface area contributed by atoms with Crippen LogP contribution in [-0.2, 0) is 25.2 Å². The highest BCUT2D eigenvalue weighted by atomic mass is 19.4. The molecule has 0 aromatic heterocycles. The van der Waals surface area contributed by atoms with Crippen LogP contribution in [0.2, 0.25) is 0 Å². The average molecular weight is 419 g/mol. The molecule has 158 valence electrons. The van der Waals surface area contributed by atoms with E-state index in [-0.39, 0.29) is 17.0 Å². The number of hydrogen-bond acceptors (Lipinski definition) is 5. The third-order valence-corrected chi connectivity index (χ3v) is 4.73. The number of halogens is 3. The fourth-order valence-electron chi connectivity index (χ4n) is 3.18. The van der Waals surface area contributed by atoms with Crippen LogP contribution in [0.15, 0.2) is 60.5 Å². The van der Waals surface area contributed by atoms with Gasteiger partial charge in [-0.05, 0) is 24.1 Å². The van der Waals surface area contributed by atoms with Crippen LogP contribution in [0.25, 0.3) is 5.57 Å². The van der Waals surface area contributed by atoms with Crippen LogP contribution >= 0.6 is 0 Å². The van der Waals surface area contributed by atoms with E-state index in [4.69, 9.17) is 9.47 Å². The number of rotatable bonds is 6. The van der Waals surface area contributed by atoms with Gasteiger partial charge < -0.3 is 14.8 Å². The predicted octanol–water partition coefficient (Wildman–Crippen LogP) is 4.26. The summed E-state index contributed by atoms with van der Waals surface area (Å²) in [5.74, 6) is -1.12. The first-order valence-electron chi connectivity index (χ1n) is 9.28. The Labute approximate surface area is 171 Å². The van der Waals surface area contributed by atoms with E-state index >= 15 is 0 Å². The number of benzene rings is 2. The van der Waals surface area contributed by atoms with Crippen molar-refractivity contribution in [1.29, 1.82) is 0 Å². The van der Waals surface area contributed by atoms with Crippen LogP contribution < -0.4 is 5.32 Å². The third kappa shape index (κ3) is 4.32. The third-order valence-electron chi connectivity index (χ3n) is 4.73. The van der Waals surface area contributed by atoms with Crippen LogP contribution in [0.1, 0.15) is 36.1 Å². The Hall–Kier alpha value is -3.29. The first-order valence-corrected chi connectivity index (χ1v) is 9.28. The van der Waals surface area contributed by atoms with Crippen molar-refractivity contribution in [3.8, 4) is 0 Å². The molecule has 8 heteroatoms. The molecule has 0 saturated heterocycles. The maximum Gasteiger partial charge on any atom is 0.416 e. The number of ether oxygens (including phenoxy) is 2. The Morgan fingerprint density at radius 3 is 2.47 bits per heavy atom. The molecule has 2 atom stereocenters. The van der Waals surface area contributed by atoms with Crippen molar-refractivity contribution in [2.75, 3.05) is 7.11 Å². The number of nitrogens with one attached hydrogen (secondary N) is 1. The zero-order chi connectivity index (χ0) is 21.9. The topological polar surface area (TPSA) is 64.6 Å². The van der Waals surface area contributed by atoms with E-state index in [0.29, 0.717) is 12.0 Å². The van der Waals surface area contributed by atoms with E-state index in [2.05, 4.69) is 5.32 Å². The summed E-state index contributed by atoms with van der Waals surface area (Å²) in [5, 5.41) is 2.83. The van der Waals surface area contributed by atoms with Gasteiger partial charge in [-0.2, -0.15) is 13.2 Å². The lowest BCUT2D eigenvalue weighted by molar-refractivity contribution is -0.143. The summed E-state index contributed by atoms with van der Waals surface area (Å²) in [4.78, 5) is 25.2. The minimum Gasteiger partial charge on any atom is -0.467 e. The number of carbonyl (C=O) groups is 2. The molecule has 0 fully saturated rings. The van der Waals surface area contributed by atoms with E-state index in [1.54, 1.807) is 37.3 Å². The SMILES string of the molecule is CCC(NC1=C(c2cccc(C(F)(F)F)c2)C(=O)C(c2ccccc2)O1)C(=O)OC. The van der Waals surface area contributed by atoms with Gasteiger partial charge in [0.15, 0.2) is 12.0 Å². The Bertz CT molecular complexity index is 970. The van der Waals surface area contributed by atoms with Crippen molar-refractivity contribution in [3.05, 3.63) is 77.2 Å². The lowest BCUT2D eigenvalue weighted by atomic mass is 9.95. The van der Waals surface area contributed by atoms with Crippen molar-refractivity contribution in [2.24, 2.45) is 0 Å². The summed E-state index contributed by atoms with van der Waals surface area (Å²) in [5.41, 5.74) is -0.328. The maximum absolute atomic E-state index is 13.2. The summed E-state index contributed by atoms with van der Waals surface area (Å²) in [7, 11) is 1.22. The summed E-state index contributed by atoms with van der Waals surface area (Å²) < 4.78 is 50.1. The summed E-state index contributed by atoms with van der Waals surface area (Å²) in [6, 6.07) is 12.2. The summed E-state index contributed by atoms with van der Waals surface area (Å²) >= 11 is 0. The first-order chi connectivity index (χ1) is 14.3. The van der Waals surface area contributed by atoms with E-state index in [9.17, 15) is 22.8 Å². The lowest BCUT2D eigenvalue weighted by Gasteiger charge is -2.18. The monoisotopic (exact) mass is 419 g/mol. The zero-order valence-corrected chi connectivity index (χ0v) is 16.3. The molecule has 0 spiro atoms. The number of ketones is 1. The second-order valence-corrected chi connectivity index (χ2v) is 6.68. The van der Waals surface area contributed by atoms with Crippen molar-refractivity contribution >= 4 is 17.3 Å². The normalized spacial score (nSPS) is 17.5. The van der Waals surface area contributed by atoms with Crippen molar-refractivity contribution < 1.29 is 32.2 Å². The molecular weight excluding hydrogens is 399 g/mol. The summed E-state index contributed by atoms with van der Waals surface area (Å²) in [6.07, 6.45) is -5.28. The van der Waals surface area contributed by atoms with Gasteiger partial charge in [0, 0.05) is 5.56 Å². The van der Waals surface area contributed by atoms with Gasteiger partial charge in [0.25, 0.3) is 0 Å². The van der Waals surface area contributed by atoms with Crippen LogP contribution in [0.5, 0.6) is 0 Å². The van der Waals surface area contributed by atoms with Crippen LogP contribution in [-0.4, -0.2) is 24.9 Å². The molecule has 1 N–H and O–H groups in total. The van der Waals surface area contributed by atoms with Gasteiger partial charge in [0.1, 0.15) is 6.04 Å². The number of hydrogen-bond donors (Lipinski definition) is 1. The number of methoxy groups -OCH3 is 1. The second-order valence-electron chi connectivity index (χ2n) is 6.68. The zero-order valence-electron chi connectivity index (χ0n) is 16.3. The van der Waals surface area contributed by atoms with Crippen LogP contribution in [0.4, 0.5) is 13.2 Å². The molecule has 1 aliphatic rings. The van der Waals surface area contributed by atoms with Gasteiger partial charge in [0.05, 0.1) is 18.2 Å². The van der Waals surface area contributed by atoms with Gasteiger partial charge in [-0.25, -0.2) is 4.79 Å². The average Bonchev–Trinajstić information content (AvgIpc) is 3.07. The molecule has 0 bridgehead atoms. The molecular formula is C22H20F3NO4. The number of alkyl halides is 3. The highest BCUT2D eigenvalue weighted by Gasteiger charge is 2.39. The fraction of sp³-hybridized carbons (Fsp3) is 0.273. The lowest BCUT2D eigenvalue weighted by Crippen LogP contribution is -2.37. The van der Waals surface area contributed by atoms with Gasteiger partial charge in [-0.15, -0.1) is 0 Å². The molecule has 0 amide bonds. The molecule has 0 aliphatic carbocycles. The predicted molar refractivity (Wildman–Crippen MR) is 103 cm³/mol. The molecule has 3 rings (SSSR count). The minimum atomic E-state index is -4.57. The minimum absolute atomic E-state index is 0.0442. The van der Waals surface area contributed by atoms with Gasteiger partial charge >= 0.3 is 12.1 Å². The molecule has 0 radical (unpaired) electrons. The Morgan fingerprint density at radius 2 is 1.87 bits per heavy atom. The highest BCUT2D eigenvalue weighted by molar-refractivity contribution is 6.25.